The van der Waals surface area contributed by atoms with E-state index in [0.717, 1.165) is 42.4 Å². The number of ether oxygens (including phenoxy) is 4. The molecule has 1 saturated heterocycles. The molecule has 2 heterocycles. The predicted molar refractivity (Wildman–Crippen MR) is 179 cm³/mol. The van der Waals surface area contributed by atoms with Gasteiger partial charge in [-0.15, -0.1) is 0 Å². The Morgan fingerprint density at radius 3 is 2.17 bits per heavy atom. The highest BCUT2D eigenvalue weighted by molar-refractivity contribution is 5.95. The van der Waals surface area contributed by atoms with Crippen molar-refractivity contribution in [3.05, 3.63) is 52.8 Å². The van der Waals surface area contributed by atoms with Crippen LogP contribution in [0.1, 0.15) is 102 Å². The summed E-state index contributed by atoms with van der Waals surface area (Å²) in [6.07, 6.45) is 3.70. The number of amides is 2. The molecule has 5 rings (SSSR count). The lowest BCUT2D eigenvalue weighted by Gasteiger charge is -2.37. The highest BCUT2D eigenvalue weighted by atomic mass is 16.6. The number of aromatic nitrogens is 2. The van der Waals surface area contributed by atoms with Crippen molar-refractivity contribution in [2.24, 2.45) is 5.92 Å². The van der Waals surface area contributed by atoms with Crippen LogP contribution < -0.4 is 9.47 Å². The molecule has 2 atom stereocenters. The van der Waals surface area contributed by atoms with E-state index in [1.54, 1.807) is 27.9 Å². The number of hydrogen-bond donors (Lipinski definition) is 0. The zero-order chi connectivity index (χ0) is 34.3. The zero-order valence-corrected chi connectivity index (χ0v) is 29.3. The van der Waals surface area contributed by atoms with Crippen molar-refractivity contribution in [2.75, 3.05) is 13.7 Å². The number of imidazole rings is 1. The molecule has 1 aliphatic heterocycles. The number of benzene rings is 2. The molecule has 2 aromatic carbocycles. The average molecular weight is 648 g/mol. The summed E-state index contributed by atoms with van der Waals surface area (Å²) < 4.78 is 25.0. The van der Waals surface area contributed by atoms with E-state index < -0.39 is 29.3 Å². The van der Waals surface area contributed by atoms with Crippen LogP contribution in [0.3, 0.4) is 0 Å². The molecular weight excluding hydrogens is 598 g/mol. The number of hydrogen-bond acceptors (Lipinski definition) is 8. The Hall–Kier alpha value is -4.08. The summed E-state index contributed by atoms with van der Waals surface area (Å²) in [5, 5.41) is 0. The number of imide groups is 1. The van der Waals surface area contributed by atoms with Gasteiger partial charge in [-0.05, 0) is 128 Å². The first-order valence-corrected chi connectivity index (χ1v) is 16.6. The van der Waals surface area contributed by atoms with E-state index in [2.05, 4.69) is 0 Å². The van der Waals surface area contributed by atoms with Crippen LogP contribution in [0.2, 0.25) is 0 Å². The first-order valence-electron chi connectivity index (χ1n) is 16.6. The Balaban J connectivity index is 1.54. The molecule has 2 aliphatic rings. The van der Waals surface area contributed by atoms with Crippen LogP contribution in [-0.4, -0.2) is 63.5 Å². The molecular formula is C37H49N3O7. The number of carbonyl (C=O) groups is 3. The van der Waals surface area contributed by atoms with Crippen LogP contribution in [-0.2, 0) is 20.7 Å². The Bertz CT molecular complexity index is 1660. The molecule has 10 nitrogen and oxygen atoms in total. The van der Waals surface area contributed by atoms with Gasteiger partial charge in [0.25, 0.3) is 0 Å². The molecule has 0 N–H and O–H groups in total. The second kappa shape index (κ2) is 13.2. The molecule has 2 fully saturated rings. The Morgan fingerprint density at radius 2 is 1.53 bits per heavy atom. The molecule has 1 aliphatic carbocycles. The Morgan fingerprint density at radius 1 is 0.894 bits per heavy atom. The summed E-state index contributed by atoms with van der Waals surface area (Å²) in [7, 11) is 1.62. The number of methoxy groups -OCH3 is 1. The average Bonchev–Trinajstić information content (AvgIpc) is 3.60. The number of likely N-dealkylation sites (tertiary alicyclic amines) is 1. The fraction of sp³-hybridized carbons (Fsp3) is 0.568. The summed E-state index contributed by atoms with van der Waals surface area (Å²) in [4.78, 5) is 47.3. The van der Waals surface area contributed by atoms with E-state index in [1.807, 2.05) is 65.0 Å². The first kappa shape index (κ1) is 34.3. The van der Waals surface area contributed by atoms with Crippen LogP contribution in [0, 0.1) is 19.8 Å². The van der Waals surface area contributed by atoms with Crippen molar-refractivity contribution in [2.45, 2.75) is 117 Å². The van der Waals surface area contributed by atoms with Crippen LogP contribution in [0.4, 0.5) is 9.59 Å². The second-order valence-corrected chi connectivity index (χ2v) is 15.0. The molecule has 0 bridgehead atoms. The van der Waals surface area contributed by atoms with E-state index in [9.17, 15) is 14.4 Å². The minimum atomic E-state index is -0.789. The van der Waals surface area contributed by atoms with Gasteiger partial charge in [0.2, 0.25) is 5.91 Å². The first-order chi connectivity index (χ1) is 22.0. The standard InChI is InChI=1S/C37H49N3O7/c1-22-16-28-29(17-23(22)2)40(35(43)47-37(6,7)8)32(38-28)20-25-18-26(21-39(33(25)41)34(42)46-36(3,4)5)24-14-15-30(44-9)31(19-24)45-27-12-10-11-13-27/h14-17,19,25-27H,10-13,18,20-21H2,1-9H3/t25?,26-/m1/s1. The number of nitrogens with zero attached hydrogens (tertiary/aromatic N) is 3. The van der Waals surface area contributed by atoms with Gasteiger partial charge in [0, 0.05) is 24.8 Å². The normalized spacial score (nSPS) is 19.3. The third-order valence-corrected chi connectivity index (χ3v) is 8.80. The van der Waals surface area contributed by atoms with Crippen molar-refractivity contribution >= 4 is 29.1 Å². The van der Waals surface area contributed by atoms with Gasteiger partial charge in [0.15, 0.2) is 11.5 Å². The van der Waals surface area contributed by atoms with Gasteiger partial charge >= 0.3 is 12.2 Å². The molecule has 1 saturated carbocycles. The van der Waals surface area contributed by atoms with E-state index in [-0.39, 0.29) is 30.9 Å². The summed E-state index contributed by atoms with van der Waals surface area (Å²) in [5.41, 5.74) is 2.70. The number of carbonyl (C=O) groups excluding carboxylic acids is 3. The Labute approximate surface area is 277 Å². The van der Waals surface area contributed by atoms with Crippen molar-refractivity contribution in [1.29, 1.82) is 0 Å². The van der Waals surface area contributed by atoms with Crippen molar-refractivity contribution in [3.8, 4) is 11.5 Å². The largest absolute Gasteiger partial charge is 0.493 e. The molecule has 47 heavy (non-hydrogen) atoms. The molecule has 0 spiro atoms. The molecule has 10 heteroatoms. The lowest BCUT2D eigenvalue weighted by Crippen LogP contribution is -2.50. The van der Waals surface area contributed by atoms with Crippen LogP contribution in [0.15, 0.2) is 30.3 Å². The summed E-state index contributed by atoms with van der Waals surface area (Å²) >= 11 is 0. The molecule has 3 aromatic rings. The van der Waals surface area contributed by atoms with E-state index in [1.165, 1.54) is 9.47 Å². The third-order valence-electron chi connectivity index (χ3n) is 8.80. The summed E-state index contributed by atoms with van der Waals surface area (Å²) in [6.45, 7) is 14.9. The maximum Gasteiger partial charge on any atom is 0.420 e. The maximum atomic E-state index is 14.1. The third kappa shape index (κ3) is 7.91. The van der Waals surface area contributed by atoms with Crippen molar-refractivity contribution in [3.63, 3.8) is 0 Å². The van der Waals surface area contributed by atoms with Crippen LogP contribution in [0.5, 0.6) is 11.5 Å². The Kier molecular flexibility index (Phi) is 9.62. The highest BCUT2D eigenvalue weighted by Gasteiger charge is 2.41. The predicted octanol–water partition coefficient (Wildman–Crippen LogP) is 7.88. The van der Waals surface area contributed by atoms with Gasteiger partial charge in [0.05, 0.1) is 24.2 Å². The monoisotopic (exact) mass is 647 g/mol. The molecule has 1 aromatic heterocycles. The van der Waals surface area contributed by atoms with Gasteiger partial charge in [-0.1, -0.05) is 6.07 Å². The molecule has 2 amide bonds. The van der Waals surface area contributed by atoms with Crippen LogP contribution >= 0.6 is 0 Å². The van der Waals surface area contributed by atoms with E-state index >= 15 is 0 Å². The number of rotatable bonds is 6. The quantitative estimate of drug-likeness (QED) is 0.266. The fourth-order valence-corrected chi connectivity index (χ4v) is 6.42. The lowest BCUT2D eigenvalue weighted by molar-refractivity contribution is -0.138. The molecule has 1 unspecified atom stereocenters. The van der Waals surface area contributed by atoms with Gasteiger partial charge in [-0.25, -0.2) is 24.0 Å². The number of aryl methyl sites for hydroxylation is 2. The zero-order valence-electron chi connectivity index (χ0n) is 29.3. The minimum absolute atomic E-state index is 0.127. The number of fused-ring (bicyclic) bond motifs is 1. The van der Waals surface area contributed by atoms with Crippen LogP contribution in [0.25, 0.3) is 11.0 Å². The van der Waals surface area contributed by atoms with Gasteiger partial charge in [0.1, 0.15) is 17.0 Å². The molecule has 254 valence electrons. The summed E-state index contributed by atoms with van der Waals surface area (Å²) in [5.74, 6) is 0.467. The highest BCUT2D eigenvalue weighted by Crippen LogP contribution is 2.39. The smallest absolute Gasteiger partial charge is 0.420 e. The van der Waals surface area contributed by atoms with Gasteiger partial charge in [-0.2, -0.15) is 0 Å². The summed E-state index contributed by atoms with van der Waals surface area (Å²) in [6, 6.07) is 9.69. The SMILES string of the molecule is COc1ccc([C@@H]2CC(Cc3nc4cc(C)c(C)cc4n3C(=O)OC(C)(C)C)C(=O)N(C(=O)OC(C)(C)C)C2)cc1OC1CCCC1. The van der Waals surface area contributed by atoms with Crippen molar-refractivity contribution < 1.29 is 33.3 Å². The maximum absolute atomic E-state index is 14.1. The second-order valence-electron chi connectivity index (χ2n) is 15.0. The fourth-order valence-electron chi connectivity index (χ4n) is 6.42. The number of piperidine rings is 1. The van der Waals surface area contributed by atoms with Gasteiger partial charge < -0.3 is 18.9 Å². The topological polar surface area (TPSA) is 109 Å². The minimum Gasteiger partial charge on any atom is -0.493 e. The van der Waals surface area contributed by atoms with Gasteiger partial charge in [-0.3, -0.25) is 4.79 Å². The molecule has 0 radical (unpaired) electrons. The van der Waals surface area contributed by atoms with E-state index in [4.69, 9.17) is 23.9 Å². The van der Waals surface area contributed by atoms with E-state index in [0.29, 0.717) is 34.8 Å². The van der Waals surface area contributed by atoms with Crippen molar-refractivity contribution in [1.82, 2.24) is 14.5 Å². The lowest BCUT2D eigenvalue weighted by atomic mass is 9.82.